The SMILES string of the molecule is C.C.CCCCCOc1ccc(N(C(=O)COC)c2nc(-c3cccnc3)cs2)cc1C(F)(F)F.CCCCCOc1ccc(N(C(C)=O)c2nc(-c3cccnc3)cs2)cc1C(F)(F)F.CCCCCOc1ccc(N(C(N)=O)c2nc(-c3cccnc3)cs2)cc1C(F)(F)F. The van der Waals surface area contributed by atoms with Gasteiger partial charge in [-0.3, -0.25) is 34.3 Å². The molecule has 29 heteroatoms. The van der Waals surface area contributed by atoms with Crippen molar-refractivity contribution in [3.8, 4) is 51.0 Å². The lowest BCUT2D eigenvalue weighted by atomic mass is 10.1. The fourth-order valence-corrected chi connectivity index (χ4v) is 11.6. The monoisotopic (exact) mass is 1410 g/mol. The minimum atomic E-state index is -4.66. The summed E-state index contributed by atoms with van der Waals surface area (Å²) in [5.41, 5.74) is 6.57. The fourth-order valence-electron chi connectivity index (χ4n) is 8.97. The van der Waals surface area contributed by atoms with Gasteiger partial charge in [-0.2, -0.15) is 39.5 Å². The smallest absolute Gasteiger partial charge is 0.420 e. The molecule has 6 heterocycles. The Morgan fingerprint density at radius 3 is 1.08 bits per heavy atom. The van der Waals surface area contributed by atoms with E-state index in [1.54, 1.807) is 83.7 Å². The molecule has 520 valence electrons. The molecule has 97 heavy (non-hydrogen) atoms. The topological polar surface area (TPSA) is 201 Å². The van der Waals surface area contributed by atoms with Crippen molar-refractivity contribution < 1.29 is 72.8 Å². The number of benzene rings is 3. The zero-order chi connectivity index (χ0) is 68.7. The maximum atomic E-state index is 13.8. The quantitative estimate of drug-likeness (QED) is 0.0397. The first-order valence-corrected chi connectivity index (χ1v) is 32.4. The summed E-state index contributed by atoms with van der Waals surface area (Å²) in [7, 11) is 1.34. The van der Waals surface area contributed by atoms with Crippen LogP contribution < -0.4 is 34.6 Å². The van der Waals surface area contributed by atoms with E-state index in [4.69, 9.17) is 24.7 Å². The number of thiazole rings is 3. The highest BCUT2D eigenvalue weighted by Gasteiger charge is 2.39. The lowest BCUT2D eigenvalue weighted by Gasteiger charge is -2.22. The predicted molar refractivity (Wildman–Crippen MR) is 362 cm³/mol. The largest absolute Gasteiger partial charge is 0.493 e. The van der Waals surface area contributed by atoms with E-state index in [2.05, 4.69) is 29.9 Å². The Kier molecular flexibility index (Phi) is 30.4. The number of carbonyl (C=O) groups is 3. The normalized spacial score (nSPS) is 11.2. The van der Waals surface area contributed by atoms with Crippen LogP contribution in [0.15, 0.2) is 144 Å². The molecule has 0 saturated heterocycles. The zero-order valence-corrected chi connectivity index (χ0v) is 54.6. The first-order valence-electron chi connectivity index (χ1n) is 29.8. The molecule has 0 bridgehead atoms. The molecule has 0 aliphatic rings. The Morgan fingerprint density at radius 1 is 0.474 bits per heavy atom. The summed E-state index contributed by atoms with van der Waals surface area (Å²) in [6.45, 7) is 7.52. The second-order valence-electron chi connectivity index (χ2n) is 20.7. The van der Waals surface area contributed by atoms with Crippen LogP contribution >= 0.6 is 34.0 Å². The lowest BCUT2D eigenvalue weighted by Crippen LogP contribution is -2.31. The van der Waals surface area contributed by atoms with Crippen molar-refractivity contribution in [2.75, 3.05) is 48.2 Å². The van der Waals surface area contributed by atoms with Crippen LogP contribution in [-0.2, 0) is 32.9 Å². The number of rotatable bonds is 26. The highest BCUT2D eigenvalue weighted by Crippen LogP contribution is 2.45. The summed E-state index contributed by atoms with van der Waals surface area (Å²) >= 11 is 3.39. The average Bonchev–Trinajstić information content (AvgIpc) is 1.78. The molecule has 0 fully saturated rings. The van der Waals surface area contributed by atoms with Gasteiger partial charge in [-0.25, -0.2) is 24.6 Å². The van der Waals surface area contributed by atoms with E-state index in [-0.39, 0.29) is 91.0 Å². The lowest BCUT2D eigenvalue weighted by molar-refractivity contribution is -0.139. The van der Waals surface area contributed by atoms with Gasteiger partial charge in [0.25, 0.3) is 5.91 Å². The Hall–Kier alpha value is -9.06. The Balaban J connectivity index is 0.000000260. The summed E-state index contributed by atoms with van der Waals surface area (Å²) in [6, 6.07) is 20.3. The molecule has 0 aliphatic carbocycles. The molecule has 0 unspecified atom stereocenters. The maximum Gasteiger partial charge on any atom is 0.420 e. The number of ether oxygens (including phenoxy) is 4. The van der Waals surface area contributed by atoms with E-state index in [1.165, 1.54) is 66.7 Å². The van der Waals surface area contributed by atoms with Gasteiger partial charge in [0, 0.05) is 84.0 Å². The number of nitrogens with two attached hydrogens (primary N) is 1. The van der Waals surface area contributed by atoms with Crippen LogP contribution in [0, 0.1) is 0 Å². The van der Waals surface area contributed by atoms with Crippen LogP contribution in [0.25, 0.3) is 33.8 Å². The highest BCUT2D eigenvalue weighted by atomic mass is 32.1. The molecular weight excluding hydrogens is 1340 g/mol. The number of aromatic nitrogens is 6. The number of methoxy groups -OCH3 is 1. The molecule has 6 aromatic heterocycles. The van der Waals surface area contributed by atoms with Crippen LogP contribution in [0.3, 0.4) is 0 Å². The van der Waals surface area contributed by atoms with Crippen molar-refractivity contribution >= 4 is 84.3 Å². The third-order valence-electron chi connectivity index (χ3n) is 13.6. The van der Waals surface area contributed by atoms with Gasteiger partial charge >= 0.3 is 24.6 Å². The summed E-state index contributed by atoms with van der Waals surface area (Å²) in [6.07, 6.45) is 3.14. The summed E-state index contributed by atoms with van der Waals surface area (Å²) < 4.78 is 145. The summed E-state index contributed by atoms with van der Waals surface area (Å²) in [5, 5.41) is 5.78. The van der Waals surface area contributed by atoms with Gasteiger partial charge in [0.05, 0.1) is 70.7 Å². The summed E-state index contributed by atoms with van der Waals surface area (Å²) in [4.78, 5) is 65.9. The van der Waals surface area contributed by atoms with Crippen molar-refractivity contribution in [1.29, 1.82) is 0 Å². The number of anilines is 6. The van der Waals surface area contributed by atoms with Crippen molar-refractivity contribution in [2.24, 2.45) is 5.73 Å². The van der Waals surface area contributed by atoms with Crippen molar-refractivity contribution in [3.05, 3.63) is 161 Å². The molecule has 0 spiro atoms. The van der Waals surface area contributed by atoms with Gasteiger partial charge in [0.15, 0.2) is 15.4 Å². The van der Waals surface area contributed by atoms with Gasteiger partial charge in [-0.05, 0) is 110 Å². The highest BCUT2D eigenvalue weighted by molar-refractivity contribution is 7.15. The molecule has 2 N–H and O–H groups in total. The molecule has 0 radical (unpaired) electrons. The van der Waals surface area contributed by atoms with E-state index in [9.17, 15) is 53.9 Å². The molecule has 4 amide bonds. The van der Waals surface area contributed by atoms with Gasteiger partial charge in [0.2, 0.25) is 5.91 Å². The standard InChI is InChI=1S/C23H24F3N3O3S.C22H22F3N3O2S.C21H21F3N4O2S.2CH4/c1-3-4-5-11-32-20-9-8-17(12-18(20)23(24,25)26)29(21(30)14-31-2)22-28-19(15-33-22)16-7-6-10-27-13-16;1-3-4-5-11-30-20-9-8-17(12-18(20)22(23,24)25)28(15(2)29)21-27-19(14-31-21)16-7-6-10-26-13-16;1-2-3-4-10-30-18-8-7-15(11-16(18)21(22,23)24)28(19(25)29)20-27-17(13-31-20)14-6-5-9-26-12-14;;/h6-10,12-13,15H,3-5,11,14H2,1-2H3;6-10,12-14H,3-5,11H2,1-2H3;5-9,11-13H,2-4,10H2,1H3,(H2,25,29);2*1H4. The van der Waals surface area contributed by atoms with E-state index in [0.717, 1.165) is 100 Å². The Morgan fingerprint density at radius 2 is 0.794 bits per heavy atom. The molecular formula is C68H75F9N10O7S3. The average molecular weight is 1410 g/mol. The molecule has 0 saturated carbocycles. The number of carbonyl (C=O) groups excluding carboxylic acids is 3. The van der Waals surface area contributed by atoms with Crippen LogP contribution in [0.4, 0.5) is 76.8 Å². The van der Waals surface area contributed by atoms with Crippen LogP contribution in [-0.4, -0.2) is 81.3 Å². The number of urea groups is 1. The number of primary amides is 1. The third-order valence-corrected chi connectivity index (χ3v) is 16.0. The van der Waals surface area contributed by atoms with Crippen LogP contribution in [0.1, 0.15) is 117 Å². The molecule has 0 aliphatic heterocycles. The van der Waals surface area contributed by atoms with Crippen molar-refractivity contribution in [1.82, 2.24) is 29.9 Å². The van der Waals surface area contributed by atoms with Gasteiger partial charge < -0.3 is 24.7 Å². The number of halogens is 9. The maximum absolute atomic E-state index is 13.8. The predicted octanol–water partition coefficient (Wildman–Crippen LogP) is 19.9. The second-order valence-corrected chi connectivity index (χ2v) is 23.2. The number of nitrogens with zero attached hydrogens (tertiary/aromatic N) is 9. The van der Waals surface area contributed by atoms with E-state index < -0.39 is 53.1 Å². The second kappa shape index (κ2) is 37.5. The minimum absolute atomic E-state index is 0. The van der Waals surface area contributed by atoms with E-state index in [1.807, 2.05) is 26.8 Å². The number of hydrogen-bond donors (Lipinski definition) is 1. The molecule has 17 nitrogen and oxygen atoms in total. The van der Waals surface area contributed by atoms with Gasteiger partial charge in [0.1, 0.15) is 23.9 Å². The van der Waals surface area contributed by atoms with Gasteiger partial charge in [-0.1, -0.05) is 74.1 Å². The minimum Gasteiger partial charge on any atom is -0.493 e. The molecule has 9 aromatic rings. The van der Waals surface area contributed by atoms with Crippen molar-refractivity contribution in [2.45, 2.75) is 119 Å². The zero-order valence-electron chi connectivity index (χ0n) is 52.1. The third kappa shape index (κ3) is 22.2. The number of alkyl halides is 9. The number of hydrogen-bond acceptors (Lipinski definition) is 16. The Labute approximate surface area is 569 Å². The van der Waals surface area contributed by atoms with Gasteiger partial charge in [-0.15, -0.1) is 34.0 Å². The van der Waals surface area contributed by atoms with E-state index in [0.29, 0.717) is 41.9 Å². The Bertz CT molecular complexity index is 3730. The number of unbranched alkanes of at least 4 members (excludes halogenated alkanes) is 6. The number of pyridine rings is 3. The fraction of sp³-hybridized carbons (Fsp3) is 0.338. The molecule has 3 aromatic carbocycles. The van der Waals surface area contributed by atoms with Crippen LogP contribution in [0.5, 0.6) is 17.2 Å². The first kappa shape index (κ1) is 78.6. The first-order chi connectivity index (χ1) is 45.5. The van der Waals surface area contributed by atoms with Crippen molar-refractivity contribution in [3.63, 3.8) is 0 Å². The molecule has 0 atom stereocenters. The van der Waals surface area contributed by atoms with E-state index >= 15 is 0 Å². The number of amides is 4. The molecule has 9 rings (SSSR count). The van der Waals surface area contributed by atoms with Crippen LogP contribution in [0.2, 0.25) is 0 Å². The summed E-state index contributed by atoms with van der Waals surface area (Å²) in [5.74, 6) is -1.79.